The number of rotatable bonds is 16. The molecule has 15 heteroatoms. The molecule has 68 heavy (non-hydrogen) atoms. The van der Waals surface area contributed by atoms with Crippen LogP contribution in [0.4, 0.5) is 0 Å². The van der Waals surface area contributed by atoms with Crippen LogP contribution in [0.25, 0.3) is 6.08 Å². The van der Waals surface area contributed by atoms with E-state index in [1.54, 1.807) is 89.2 Å². The number of amides is 2. The molecule has 0 radical (unpaired) electrons. The van der Waals surface area contributed by atoms with Crippen molar-refractivity contribution in [2.24, 2.45) is 5.41 Å². The Hall–Kier alpha value is -6.94. The Balaban J connectivity index is 1.09. The van der Waals surface area contributed by atoms with Gasteiger partial charge in [-0.3, -0.25) is 14.4 Å². The third-order valence-corrected chi connectivity index (χ3v) is 11.6. The number of aliphatic hydroxyl groups excluding tert-OH is 1. The van der Waals surface area contributed by atoms with Crippen molar-refractivity contribution in [2.75, 3.05) is 13.2 Å². The first kappa shape index (κ1) is 49.0. The lowest BCUT2D eigenvalue weighted by Gasteiger charge is -2.31. The zero-order valence-corrected chi connectivity index (χ0v) is 38.6. The van der Waals surface area contributed by atoms with Crippen LogP contribution in [-0.4, -0.2) is 90.1 Å². The third kappa shape index (κ3) is 11.8. The summed E-state index contributed by atoms with van der Waals surface area (Å²) in [5.41, 5.74) is 1.58. The SMILES string of the molecule is CC(C)(C)OC(=O)CC[C@@H](CO)NC(=O)c1cccc(CNC(=O)C2=C[C@H]3OC(c4ccccc4)(c4ccccc4)O[C@H]3[C@H](OC(=O)c3ccccc3C=CC(=O)O[C@H]3C(=O)OCC3(C)C)C2)c1. The average molecular weight is 929 g/mol. The molecule has 7 rings (SSSR count). The van der Waals surface area contributed by atoms with Crippen molar-refractivity contribution >= 4 is 41.8 Å². The minimum Gasteiger partial charge on any atom is -0.462 e. The number of carbonyl (C=O) groups is 6. The molecule has 2 saturated heterocycles. The minimum atomic E-state index is -1.45. The lowest BCUT2D eigenvalue weighted by Crippen LogP contribution is -2.43. The lowest BCUT2D eigenvalue weighted by atomic mass is 9.90. The summed E-state index contributed by atoms with van der Waals surface area (Å²) in [7, 11) is 0. The molecular formula is C53H56N2O13. The monoisotopic (exact) mass is 928 g/mol. The maximum Gasteiger partial charge on any atom is 0.348 e. The molecule has 5 atom stereocenters. The van der Waals surface area contributed by atoms with Crippen LogP contribution in [0.1, 0.15) is 96.9 Å². The van der Waals surface area contributed by atoms with Gasteiger partial charge >= 0.3 is 23.9 Å². The molecule has 2 aliphatic heterocycles. The number of hydrogen-bond acceptors (Lipinski definition) is 13. The minimum absolute atomic E-state index is 0.00636. The molecule has 0 unspecified atom stereocenters. The number of cyclic esters (lactones) is 1. The van der Waals surface area contributed by atoms with Crippen molar-refractivity contribution in [3.8, 4) is 0 Å². The fourth-order valence-corrected chi connectivity index (χ4v) is 8.15. The highest BCUT2D eigenvalue weighted by Gasteiger charge is 2.55. The summed E-state index contributed by atoms with van der Waals surface area (Å²) in [6.45, 7) is 8.54. The van der Waals surface area contributed by atoms with Gasteiger partial charge in [0.25, 0.3) is 5.91 Å². The highest BCUT2D eigenvalue weighted by molar-refractivity contribution is 5.97. The summed E-state index contributed by atoms with van der Waals surface area (Å²) in [6, 6.07) is 31.1. The Labute approximate surface area is 394 Å². The molecule has 3 aliphatic rings. The van der Waals surface area contributed by atoms with Gasteiger partial charge in [0.05, 0.1) is 18.2 Å². The van der Waals surface area contributed by atoms with Crippen molar-refractivity contribution in [2.45, 2.75) is 102 Å². The van der Waals surface area contributed by atoms with Crippen molar-refractivity contribution < 1.29 is 62.3 Å². The third-order valence-electron chi connectivity index (χ3n) is 11.6. The van der Waals surface area contributed by atoms with E-state index in [9.17, 15) is 33.9 Å². The van der Waals surface area contributed by atoms with Gasteiger partial charge < -0.3 is 44.2 Å². The smallest absolute Gasteiger partial charge is 0.348 e. The molecule has 1 aliphatic carbocycles. The van der Waals surface area contributed by atoms with E-state index in [1.165, 1.54) is 6.08 Å². The molecule has 0 aromatic heterocycles. The number of benzene rings is 4. The van der Waals surface area contributed by atoms with Crippen molar-refractivity contribution in [1.82, 2.24) is 10.6 Å². The van der Waals surface area contributed by atoms with Crippen LogP contribution in [0, 0.1) is 5.41 Å². The Bertz CT molecular complexity index is 2530. The van der Waals surface area contributed by atoms with Gasteiger partial charge in [-0.2, -0.15) is 0 Å². The average Bonchev–Trinajstić information content (AvgIpc) is 3.85. The molecule has 3 N–H and O–H groups in total. The number of hydrogen-bond donors (Lipinski definition) is 3. The van der Waals surface area contributed by atoms with Gasteiger partial charge in [-0.05, 0) is 68.7 Å². The Morgan fingerprint density at radius 1 is 0.853 bits per heavy atom. The Morgan fingerprint density at radius 2 is 1.53 bits per heavy atom. The molecule has 4 aromatic carbocycles. The molecule has 2 heterocycles. The van der Waals surface area contributed by atoms with Crippen LogP contribution in [0.3, 0.4) is 0 Å². The molecule has 0 saturated carbocycles. The van der Waals surface area contributed by atoms with E-state index in [-0.39, 0.29) is 55.7 Å². The zero-order chi connectivity index (χ0) is 48.6. The van der Waals surface area contributed by atoms with Crippen molar-refractivity contribution in [1.29, 1.82) is 0 Å². The number of aliphatic hydroxyl groups is 1. The number of carbonyl (C=O) groups excluding carboxylic acids is 6. The van der Waals surface area contributed by atoms with Crippen LogP contribution in [0.5, 0.6) is 0 Å². The maximum atomic E-state index is 14.2. The number of ether oxygens (including phenoxy) is 6. The summed E-state index contributed by atoms with van der Waals surface area (Å²) in [4.78, 5) is 79.0. The van der Waals surface area contributed by atoms with E-state index in [2.05, 4.69) is 10.6 Å². The number of esters is 4. The van der Waals surface area contributed by atoms with Gasteiger partial charge in [0.1, 0.15) is 30.5 Å². The lowest BCUT2D eigenvalue weighted by molar-refractivity contribution is -0.159. The molecule has 356 valence electrons. The molecule has 4 aromatic rings. The van der Waals surface area contributed by atoms with Crippen LogP contribution in [0.2, 0.25) is 0 Å². The van der Waals surface area contributed by atoms with Gasteiger partial charge in [-0.15, -0.1) is 0 Å². The maximum absolute atomic E-state index is 14.2. The van der Waals surface area contributed by atoms with Gasteiger partial charge in [0.2, 0.25) is 17.8 Å². The second kappa shape index (κ2) is 20.9. The molecule has 2 amide bonds. The predicted molar refractivity (Wildman–Crippen MR) is 247 cm³/mol. The first-order valence-corrected chi connectivity index (χ1v) is 22.5. The highest BCUT2D eigenvalue weighted by atomic mass is 16.8. The van der Waals surface area contributed by atoms with Gasteiger partial charge in [-0.1, -0.05) is 105 Å². The number of fused-ring (bicyclic) bond motifs is 1. The molecule has 2 fully saturated rings. The molecular weight excluding hydrogens is 873 g/mol. The van der Waals surface area contributed by atoms with E-state index < -0.39 is 83.0 Å². The number of nitrogens with one attached hydrogen (secondary N) is 2. The second-order valence-electron chi connectivity index (χ2n) is 18.5. The summed E-state index contributed by atoms with van der Waals surface area (Å²) in [5.74, 6) is -5.02. The van der Waals surface area contributed by atoms with Crippen molar-refractivity contribution in [3.05, 3.63) is 160 Å². The summed E-state index contributed by atoms with van der Waals surface area (Å²) >= 11 is 0. The first-order valence-electron chi connectivity index (χ1n) is 22.5. The van der Waals surface area contributed by atoms with Crippen LogP contribution < -0.4 is 10.6 Å². The van der Waals surface area contributed by atoms with Crippen LogP contribution in [-0.2, 0) is 59.9 Å². The fourth-order valence-electron chi connectivity index (χ4n) is 8.15. The predicted octanol–water partition coefficient (Wildman–Crippen LogP) is 6.26. The first-order chi connectivity index (χ1) is 32.4. The highest BCUT2D eigenvalue weighted by Crippen LogP contribution is 2.47. The van der Waals surface area contributed by atoms with E-state index in [0.717, 1.165) is 6.08 Å². The van der Waals surface area contributed by atoms with Crippen molar-refractivity contribution in [3.63, 3.8) is 0 Å². The summed E-state index contributed by atoms with van der Waals surface area (Å²) in [6.07, 6.45) is 0.428. The standard InChI is InChI=1S/C53H56N2O13/c1-51(2,3)67-44(58)26-24-39(31-56)55-48(60)35-17-14-15-33(27-35)30-54-47(59)36-28-41(45-42(29-36)66-53(68-45,37-18-8-6-9-19-37)38-20-10-7-11-21-38)64-49(61)40-22-13-12-16-34(40)23-25-43(57)65-46-50(62)63-32-52(46,4)5/h6-23,25,27,29,39,41-42,45-46,56H,24,26,28,30-32H2,1-5H3,(H,54,59)(H,55,60)/t39-,41+,42+,45-,46-/m0/s1. The fraction of sp³-hybridized carbons (Fsp3) is 0.358. The quantitative estimate of drug-likeness (QED) is 0.0646. The topological polar surface area (TPSA) is 202 Å². The summed E-state index contributed by atoms with van der Waals surface area (Å²) < 4.78 is 35.8. The van der Waals surface area contributed by atoms with E-state index in [4.69, 9.17) is 28.4 Å². The normalized spacial score (nSPS) is 20.9. The van der Waals surface area contributed by atoms with Crippen LogP contribution >= 0.6 is 0 Å². The Morgan fingerprint density at radius 3 is 2.18 bits per heavy atom. The molecule has 0 bridgehead atoms. The van der Waals surface area contributed by atoms with Crippen LogP contribution in [0.15, 0.2) is 127 Å². The molecule has 15 nitrogen and oxygen atoms in total. The Kier molecular flexibility index (Phi) is 15.1. The van der Waals surface area contributed by atoms with E-state index in [1.807, 2.05) is 60.7 Å². The summed E-state index contributed by atoms with van der Waals surface area (Å²) in [5, 5.41) is 15.6. The second-order valence-corrected chi connectivity index (χ2v) is 18.5. The van der Waals surface area contributed by atoms with E-state index >= 15 is 0 Å². The zero-order valence-electron chi connectivity index (χ0n) is 38.6. The van der Waals surface area contributed by atoms with E-state index in [0.29, 0.717) is 22.3 Å². The largest absolute Gasteiger partial charge is 0.462 e. The van der Waals surface area contributed by atoms with Gasteiger partial charge in [0.15, 0.2) is 0 Å². The van der Waals surface area contributed by atoms with Gasteiger partial charge in [-0.25, -0.2) is 14.4 Å². The van der Waals surface area contributed by atoms with Gasteiger partial charge in [0, 0.05) is 53.1 Å². The molecule has 0 spiro atoms.